The zero-order chi connectivity index (χ0) is 22.0. The Balaban J connectivity index is 1.62. The van der Waals surface area contributed by atoms with Gasteiger partial charge in [0.2, 0.25) is 5.91 Å². The average molecular weight is 441 g/mol. The van der Waals surface area contributed by atoms with Gasteiger partial charge in [-0.15, -0.1) is 0 Å². The fourth-order valence-electron chi connectivity index (χ4n) is 4.68. The molecule has 1 aliphatic heterocycles. The number of nitrogens with zero attached hydrogens (tertiary/aromatic N) is 1. The van der Waals surface area contributed by atoms with E-state index < -0.39 is 11.8 Å². The fraction of sp³-hybridized carbons (Fsp3) is 0.440. The van der Waals surface area contributed by atoms with Crippen molar-refractivity contribution < 1.29 is 14.3 Å². The Hall–Kier alpha value is -2.37. The van der Waals surface area contributed by atoms with Crippen LogP contribution in [0, 0.1) is 5.92 Å². The third-order valence-corrected chi connectivity index (χ3v) is 6.93. The van der Waals surface area contributed by atoms with Crippen LogP contribution in [0.5, 0.6) is 0 Å². The third-order valence-electron chi connectivity index (χ3n) is 6.60. The van der Waals surface area contributed by atoms with Gasteiger partial charge in [-0.3, -0.25) is 14.5 Å². The number of hydrogen-bond acceptors (Lipinski definition) is 3. The van der Waals surface area contributed by atoms with Crippen LogP contribution < -0.4 is 5.32 Å². The van der Waals surface area contributed by atoms with Crippen molar-refractivity contribution in [2.75, 3.05) is 6.61 Å². The Kier molecular flexibility index (Phi) is 6.35. The van der Waals surface area contributed by atoms with E-state index in [1.54, 1.807) is 29.2 Å². The molecule has 2 aromatic carbocycles. The Labute approximate surface area is 188 Å². The molecular weight excluding hydrogens is 412 g/mol. The number of carbonyl (C=O) groups excluding carboxylic acids is 2. The summed E-state index contributed by atoms with van der Waals surface area (Å²) in [7, 11) is 0. The lowest BCUT2D eigenvalue weighted by Crippen LogP contribution is -2.57. The van der Waals surface area contributed by atoms with Crippen LogP contribution in [-0.2, 0) is 9.53 Å². The summed E-state index contributed by atoms with van der Waals surface area (Å²) in [4.78, 5) is 28.7. The Morgan fingerprint density at radius 1 is 1.10 bits per heavy atom. The molecule has 2 unspecified atom stereocenters. The van der Waals surface area contributed by atoms with Crippen LogP contribution in [-0.4, -0.2) is 35.1 Å². The zero-order valence-corrected chi connectivity index (χ0v) is 18.8. The molecule has 1 heterocycles. The van der Waals surface area contributed by atoms with E-state index in [0.29, 0.717) is 16.5 Å². The molecule has 1 N–H and O–H groups in total. The van der Waals surface area contributed by atoms with Crippen LogP contribution >= 0.6 is 11.6 Å². The molecule has 0 radical (unpaired) electrons. The number of benzene rings is 2. The van der Waals surface area contributed by atoms with Gasteiger partial charge in [0, 0.05) is 0 Å². The number of amides is 2. The summed E-state index contributed by atoms with van der Waals surface area (Å²) in [6.07, 6.45) is 3.37. The molecule has 1 saturated heterocycles. The minimum absolute atomic E-state index is 0.172. The normalized spacial score (nSPS) is 26.6. The van der Waals surface area contributed by atoms with Gasteiger partial charge in [0.1, 0.15) is 11.8 Å². The SMILES string of the molecule is CC1CCC2(CC1)OCC(C(=O)NC(C)c1ccccc1)N2C(=O)c1ccccc1Cl. The average Bonchev–Trinajstić information content (AvgIpc) is 3.15. The van der Waals surface area contributed by atoms with Gasteiger partial charge in [0.05, 0.1) is 23.2 Å². The molecule has 0 aromatic heterocycles. The van der Waals surface area contributed by atoms with Gasteiger partial charge in [0.15, 0.2) is 0 Å². The van der Waals surface area contributed by atoms with Crippen molar-refractivity contribution in [1.82, 2.24) is 10.2 Å². The second-order valence-corrected chi connectivity index (χ2v) is 9.16. The largest absolute Gasteiger partial charge is 0.353 e. The van der Waals surface area contributed by atoms with Gasteiger partial charge >= 0.3 is 0 Å². The van der Waals surface area contributed by atoms with Crippen molar-refractivity contribution >= 4 is 23.4 Å². The maximum atomic E-state index is 13.7. The van der Waals surface area contributed by atoms with Crippen molar-refractivity contribution in [2.45, 2.75) is 57.3 Å². The first-order valence-electron chi connectivity index (χ1n) is 11.0. The van der Waals surface area contributed by atoms with E-state index in [2.05, 4.69) is 12.2 Å². The van der Waals surface area contributed by atoms with E-state index in [1.807, 2.05) is 37.3 Å². The summed E-state index contributed by atoms with van der Waals surface area (Å²) in [5.74, 6) is 0.134. The molecule has 1 aliphatic carbocycles. The summed E-state index contributed by atoms with van der Waals surface area (Å²) in [6, 6.07) is 15.9. The van der Waals surface area contributed by atoms with Gasteiger partial charge in [-0.25, -0.2) is 0 Å². The zero-order valence-electron chi connectivity index (χ0n) is 18.0. The predicted molar refractivity (Wildman–Crippen MR) is 121 cm³/mol. The fourth-order valence-corrected chi connectivity index (χ4v) is 4.90. The maximum absolute atomic E-state index is 13.7. The third kappa shape index (κ3) is 4.35. The number of rotatable bonds is 4. The number of carbonyl (C=O) groups is 2. The lowest BCUT2D eigenvalue weighted by Gasteiger charge is -2.43. The van der Waals surface area contributed by atoms with Crippen LogP contribution in [0.1, 0.15) is 61.5 Å². The molecular formula is C25H29ClN2O3. The first-order valence-corrected chi connectivity index (χ1v) is 11.4. The topological polar surface area (TPSA) is 58.6 Å². The van der Waals surface area contributed by atoms with Gasteiger partial charge < -0.3 is 10.1 Å². The number of ether oxygens (including phenoxy) is 1. The summed E-state index contributed by atoms with van der Waals surface area (Å²) in [6.45, 7) is 4.35. The second-order valence-electron chi connectivity index (χ2n) is 8.75. The molecule has 4 rings (SSSR count). The number of halogens is 1. The monoisotopic (exact) mass is 440 g/mol. The highest BCUT2D eigenvalue weighted by Crippen LogP contribution is 2.43. The maximum Gasteiger partial charge on any atom is 0.258 e. The highest BCUT2D eigenvalue weighted by atomic mass is 35.5. The molecule has 1 saturated carbocycles. The Bertz CT molecular complexity index is 941. The molecule has 2 aliphatic rings. The second kappa shape index (κ2) is 9.01. The van der Waals surface area contributed by atoms with Crippen LogP contribution in [0.3, 0.4) is 0 Å². The van der Waals surface area contributed by atoms with E-state index in [0.717, 1.165) is 31.2 Å². The molecule has 31 heavy (non-hydrogen) atoms. The van der Waals surface area contributed by atoms with Crippen molar-refractivity contribution in [2.24, 2.45) is 5.92 Å². The molecule has 1 spiro atoms. The molecule has 0 bridgehead atoms. The lowest BCUT2D eigenvalue weighted by molar-refractivity contribution is -0.128. The van der Waals surface area contributed by atoms with Gasteiger partial charge in [-0.2, -0.15) is 0 Å². The highest BCUT2D eigenvalue weighted by Gasteiger charge is 2.53. The van der Waals surface area contributed by atoms with Crippen molar-refractivity contribution in [3.05, 3.63) is 70.7 Å². The van der Waals surface area contributed by atoms with E-state index in [4.69, 9.17) is 16.3 Å². The van der Waals surface area contributed by atoms with E-state index in [-0.39, 0.29) is 24.5 Å². The molecule has 2 amide bonds. The summed E-state index contributed by atoms with van der Waals surface area (Å²) in [5.41, 5.74) is 0.669. The molecule has 2 fully saturated rings. The van der Waals surface area contributed by atoms with Crippen LogP contribution in [0.2, 0.25) is 5.02 Å². The summed E-state index contributed by atoms with van der Waals surface area (Å²) >= 11 is 6.35. The minimum atomic E-state index is -0.749. The molecule has 6 heteroatoms. The van der Waals surface area contributed by atoms with Gasteiger partial charge in [0.25, 0.3) is 5.91 Å². The molecule has 2 atom stereocenters. The summed E-state index contributed by atoms with van der Waals surface area (Å²) < 4.78 is 6.25. The van der Waals surface area contributed by atoms with E-state index >= 15 is 0 Å². The van der Waals surface area contributed by atoms with Crippen LogP contribution in [0.4, 0.5) is 0 Å². The summed E-state index contributed by atoms with van der Waals surface area (Å²) in [5, 5.41) is 3.46. The molecule has 2 aromatic rings. The predicted octanol–water partition coefficient (Wildman–Crippen LogP) is 4.96. The van der Waals surface area contributed by atoms with E-state index in [1.165, 1.54) is 0 Å². The van der Waals surface area contributed by atoms with Gasteiger partial charge in [-0.1, -0.05) is 61.0 Å². The van der Waals surface area contributed by atoms with Crippen molar-refractivity contribution in [3.63, 3.8) is 0 Å². The number of hydrogen-bond donors (Lipinski definition) is 1. The van der Waals surface area contributed by atoms with Crippen LogP contribution in [0.15, 0.2) is 54.6 Å². The highest BCUT2D eigenvalue weighted by molar-refractivity contribution is 6.33. The molecule has 5 nitrogen and oxygen atoms in total. The first-order chi connectivity index (χ1) is 14.9. The lowest BCUT2D eigenvalue weighted by atomic mass is 9.83. The van der Waals surface area contributed by atoms with Crippen molar-refractivity contribution in [1.29, 1.82) is 0 Å². The quantitative estimate of drug-likeness (QED) is 0.730. The Morgan fingerprint density at radius 2 is 1.74 bits per heavy atom. The van der Waals surface area contributed by atoms with E-state index in [9.17, 15) is 9.59 Å². The van der Waals surface area contributed by atoms with Crippen LogP contribution in [0.25, 0.3) is 0 Å². The Morgan fingerprint density at radius 3 is 2.42 bits per heavy atom. The van der Waals surface area contributed by atoms with Gasteiger partial charge in [-0.05, 0) is 56.2 Å². The van der Waals surface area contributed by atoms with Crippen molar-refractivity contribution in [3.8, 4) is 0 Å². The standard InChI is InChI=1S/C25H29ClN2O3/c1-17-12-14-25(15-13-17)28(24(30)20-10-6-7-11-21(20)26)22(16-31-25)23(29)27-18(2)19-8-4-3-5-9-19/h3-11,17-18,22H,12-16H2,1-2H3,(H,27,29). The molecule has 164 valence electrons. The smallest absolute Gasteiger partial charge is 0.258 e. The number of nitrogens with one attached hydrogen (secondary N) is 1. The minimum Gasteiger partial charge on any atom is -0.353 e. The first kappa shape index (κ1) is 21.8.